The second-order valence-electron chi connectivity index (χ2n) is 5.69. The number of hydrogen-bond donors (Lipinski definition) is 2. The number of carbonyl (C=O) groups excluding carboxylic acids is 1. The van der Waals surface area contributed by atoms with E-state index >= 15 is 0 Å². The molecule has 1 heterocycles. The zero-order valence-corrected chi connectivity index (χ0v) is 12.2. The molecule has 114 valence electrons. The zero-order valence-electron chi connectivity index (χ0n) is 12.2. The van der Waals surface area contributed by atoms with Gasteiger partial charge in [0.05, 0.1) is 5.92 Å². The largest absolute Gasteiger partial charge is 0.481 e. The molecule has 2 N–H and O–H groups in total. The maximum absolute atomic E-state index is 12.0. The van der Waals surface area contributed by atoms with Crippen molar-refractivity contribution in [3.8, 4) is 0 Å². The number of rotatable bonds is 6. The maximum Gasteiger partial charge on any atom is 0.317 e. The van der Waals surface area contributed by atoms with Crippen molar-refractivity contribution in [2.45, 2.75) is 38.6 Å². The standard InChI is InChI=1S/C14H25N3O3/c1-2-16(12-3-4-12)10-7-15-14(20)17-8-5-11(6-9-17)13(18)19/h11-12H,2-10H2,1H3,(H,15,20)(H,18,19). The van der Waals surface area contributed by atoms with Crippen molar-refractivity contribution in [2.75, 3.05) is 32.7 Å². The van der Waals surface area contributed by atoms with Gasteiger partial charge in [-0.2, -0.15) is 0 Å². The van der Waals surface area contributed by atoms with E-state index in [0.29, 0.717) is 32.5 Å². The predicted octanol–water partition coefficient (Wildman–Crippen LogP) is 0.977. The first-order valence-corrected chi connectivity index (χ1v) is 7.61. The minimum atomic E-state index is -0.743. The molecule has 2 amide bonds. The quantitative estimate of drug-likeness (QED) is 0.762. The molecule has 6 heteroatoms. The number of hydrogen-bond acceptors (Lipinski definition) is 3. The van der Waals surface area contributed by atoms with Crippen LogP contribution in [0.2, 0.25) is 0 Å². The fraction of sp³-hybridized carbons (Fsp3) is 0.857. The summed E-state index contributed by atoms with van der Waals surface area (Å²) in [6.07, 6.45) is 3.69. The Bertz CT molecular complexity index is 350. The number of nitrogens with one attached hydrogen (secondary N) is 1. The molecule has 20 heavy (non-hydrogen) atoms. The highest BCUT2D eigenvalue weighted by atomic mass is 16.4. The van der Waals surface area contributed by atoms with Crippen LogP contribution in [0.4, 0.5) is 4.79 Å². The summed E-state index contributed by atoms with van der Waals surface area (Å²) in [6, 6.07) is 0.670. The molecule has 1 aliphatic carbocycles. The van der Waals surface area contributed by atoms with Gasteiger partial charge in [-0.1, -0.05) is 6.92 Å². The lowest BCUT2D eigenvalue weighted by molar-refractivity contribution is -0.143. The van der Waals surface area contributed by atoms with E-state index in [1.165, 1.54) is 12.8 Å². The fourth-order valence-electron chi connectivity index (χ4n) is 2.79. The van der Waals surface area contributed by atoms with Gasteiger partial charge in [0.1, 0.15) is 0 Å². The third kappa shape index (κ3) is 4.10. The first-order chi connectivity index (χ1) is 9.61. The summed E-state index contributed by atoms with van der Waals surface area (Å²) >= 11 is 0. The predicted molar refractivity (Wildman–Crippen MR) is 75.6 cm³/mol. The molecule has 0 atom stereocenters. The van der Waals surface area contributed by atoms with E-state index in [4.69, 9.17) is 5.11 Å². The molecule has 6 nitrogen and oxygen atoms in total. The lowest BCUT2D eigenvalue weighted by atomic mass is 9.97. The first kappa shape index (κ1) is 15.1. The van der Waals surface area contributed by atoms with Gasteiger partial charge in [0.2, 0.25) is 0 Å². The summed E-state index contributed by atoms with van der Waals surface area (Å²) in [7, 11) is 0. The SMILES string of the molecule is CCN(CCNC(=O)N1CCC(C(=O)O)CC1)C1CC1. The number of aliphatic carboxylic acids is 1. The number of urea groups is 1. The first-order valence-electron chi connectivity index (χ1n) is 7.61. The Morgan fingerprint density at radius 1 is 1.25 bits per heavy atom. The van der Waals surface area contributed by atoms with Gasteiger partial charge in [0, 0.05) is 32.2 Å². The van der Waals surface area contributed by atoms with Gasteiger partial charge in [0.15, 0.2) is 0 Å². The van der Waals surface area contributed by atoms with Crippen LogP contribution in [-0.2, 0) is 4.79 Å². The summed E-state index contributed by atoms with van der Waals surface area (Å²) < 4.78 is 0. The van der Waals surface area contributed by atoms with Crippen LogP contribution in [0.15, 0.2) is 0 Å². The number of carboxylic acids is 1. The molecular weight excluding hydrogens is 258 g/mol. The molecular formula is C14H25N3O3. The van der Waals surface area contributed by atoms with Crippen molar-refractivity contribution >= 4 is 12.0 Å². The maximum atomic E-state index is 12.0. The second-order valence-corrected chi connectivity index (χ2v) is 5.69. The molecule has 0 radical (unpaired) electrons. The van der Waals surface area contributed by atoms with Gasteiger partial charge < -0.3 is 15.3 Å². The summed E-state index contributed by atoms with van der Waals surface area (Å²) in [5.74, 6) is -1.03. The topological polar surface area (TPSA) is 72.9 Å². The van der Waals surface area contributed by atoms with Crippen molar-refractivity contribution in [2.24, 2.45) is 5.92 Å². The highest BCUT2D eigenvalue weighted by molar-refractivity contribution is 5.75. The molecule has 0 aromatic carbocycles. The Kier molecular flexibility index (Phi) is 5.23. The van der Waals surface area contributed by atoms with Gasteiger partial charge >= 0.3 is 12.0 Å². The van der Waals surface area contributed by atoms with Crippen LogP contribution >= 0.6 is 0 Å². The van der Waals surface area contributed by atoms with E-state index in [2.05, 4.69) is 17.1 Å². The highest BCUT2D eigenvalue weighted by Crippen LogP contribution is 2.25. The Hall–Kier alpha value is -1.30. The number of amides is 2. The third-order valence-electron chi connectivity index (χ3n) is 4.28. The minimum Gasteiger partial charge on any atom is -0.481 e. The van der Waals surface area contributed by atoms with E-state index < -0.39 is 5.97 Å². The van der Waals surface area contributed by atoms with E-state index in [0.717, 1.165) is 19.1 Å². The van der Waals surface area contributed by atoms with Crippen molar-refractivity contribution in [3.05, 3.63) is 0 Å². The molecule has 0 bridgehead atoms. The minimum absolute atomic E-state index is 0.0549. The van der Waals surface area contributed by atoms with Crippen LogP contribution < -0.4 is 5.32 Å². The Morgan fingerprint density at radius 2 is 1.90 bits per heavy atom. The van der Waals surface area contributed by atoms with Crippen molar-refractivity contribution in [1.82, 2.24) is 15.1 Å². The van der Waals surface area contributed by atoms with Crippen LogP contribution in [-0.4, -0.2) is 65.7 Å². The second kappa shape index (κ2) is 6.92. The monoisotopic (exact) mass is 283 g/mol. The van der Waals surface area contributed by atoms with Gasteiger partial charge in [0.25, 0.3) is 0 Å². The molecule has 1 saturated carbocycles. The average molecular weight is 283 g/mol. The number of carboxylic acid groups (broad SMARTS) is 1. The average Bonchev–Trinajstić information content (AvgIpc) is 3.28. The van der Waals surface area contributed by atoms with Gasteiger partial charge in [-0.3, -0.25) is 9.69 Å². The lowest BCUT2D eigenvalue weighted by Crippen LogP contribution is -2.47. The summed E-state index contributed by atoms with van der Waals surface area (Å²) in [5, 5.41) is 11.9. The molecule has 2 aliphatic rings. The van der Waals surface area contributed by atoms with E-state index in [1.54, 1.807) is 4.90 Å². The fourth-order valence-corrected chi connectivity index (χ4v) is 2.79. The number of carbonyl (C=O) groups is 2. The van der Waals surface area contributed by atoms with Gasteiger partial charge in [-0.05, 0) is 32.2 Å². The molecule has 1 saturated heterocycles. The molecule has 2 fully saturated rings. The summed E-state index contributed by atoms with van der Waals surface area (Å²) in [6.45, 7) is 5.84. The smallest absolute Gasteiger partial charge is 0.317 e. The Balaban J connectivity index is 1.64. The van der Waals surface area contributed by atoms with Crippen molar-refractivity contribution in [1.29, 1.82) is 0 Å². The number of likely N-dealkylation sites (tertiary alicyclic amines) is 1. The highest BCUT2D eigenvalue weighted by Gasteiger charge is 2.28. The van der Waals surface area contributed by atoms with Gasteiger partial charge in [-0.25, -0.2) is 4.79 Å². The van der Waals surface area contributed by atoms with E-state index in [-0.39, 0.29) is 11.9 Å². The molecule has 0 aromatic rings. The van der Waals surface area contributed by atoms with Crippen LogP contribution in [0.1, 0.15) is 32.6 Å². The number of piperidine rings is 1. The summed E-state index contributed by atoms with van der Waals surface area (Å²) in [4.78, 5) is 27.0. The van der Waals surface area contributed by atoms with Crippen LogP contribution in [0.25, 0.3) is 0 Å². The Morgan fingerprint density at radius 3 is 2.40 bits per heavy atom. The number of nitrogens with zero attached hydrogens (tertiary/aromatic N) is 2. The zero-order chi connectivity index (χ0) is 14.5. The molecule has 2 rings (SSSR count). The molecule has 1 aliphatic heterocycles. The molecule has 0 aromatic heterocycles. The van der Waals surface area contributed by atoms with Crippen molar-refractivity contribution in [3.63, 3.8) is 0 Å². The van der Waals surface area contributed by atoms with E-state index in [1.807, 2.05) is 0 Å². The van der Waals surface area contributed by atoms with Crippen LogP contribution in [0.5, 0.6) is 0 Å². The van der Waals surface area contributed by atoms with Crippen LogP contribution in [0.3, 0.4) is 0 Å². The van der Waals surface area contributed by atoms with Gasteiger partial charge in [-0.15, -0.1) is 0 Å². The third-order valence-corrected chi connectivity index (χ3v) is 4.28. The normalized spacial score (nSPS) is 20.2. The summed E-state index contributed by atoms with van der Waals surface area (Å²) in [5.41, 5.74) is 0. The molecule has 0 unspecified atom stereocenters. The van der Waals surface area contributed by atoms with Crippen LogP contribution in [0, 0.1) is 5.92 Å². The number of likely N-dealkylation sites (N-methyl/N-ethyl adjacent to an activating group) is 1. The molecule has 0 spiro atoms. The Labute approximate surface area is 120 Å². The lowest BCUT2D eigenvalue weighted by Gasteiger charge is -2.30. The van der Waals surface area contributed by atoms with E-state index in [9.17, 15) is 9.59 Å². The van der Waals surface area contributed by atoms with Crippen molar-refractivity contribution < 1.29 is 14.7 Å².